The first-order valence-corrected chi connectivity index (χ1v) is 17.2. The third-order valence-corrected chi connectivity index (χ3v) is 10.2. The average molecular weight is 1200 g/mol. The zero-order chi connectivity index (χ0) is 60.0. The molecule has 44 heteroatoms. The number of pyridine rings is 1. The Morgan fingerprint density at radius 3 is 0.635 bits per heavy atom. The van der Waals surface area contributed by atoms with E-state index in [-0.39, 0.29) is 0 Å². The summed E-state index contributed by atoms with van der Waals surface area (Å²) in [6.07, 6.45) is -19.3. The SMILES string of the molecule is FC(F)(F)C(F)(F)C(F)(F)C(F)(F)C(F)(F)C(F)(F)C(F)(F)C(F)(F)C(F)(F)C(F)(F)c1cc(C2CCOCC2)cc(C(F)(F)C(F)(F)C(F)(F)C(F)(F)C(F)(F)C(F)(F)C(F)(F)C(F)(F)C(F)(F)C(F)(F)F)n1. The molecule has 0 unspecified atom stereocenters. The molecule has 1 aromatic rings. The van der Waals surface area contributed by atoms with Crippen LogP contribution in [0.15, 0.2) is 12.1 Å². The van der Waals surface area contributed by atoms with E-state index in [1.165, 1.54) is 0 Å². The van der Waals surface area contributed by atoms with Crippen LogP contribution in [0, 0.1) is 0 Å². The van der Waals surface area contributed by atoms with Gasteiger partial charge in [0, 0.05) is 13.2 Å². The molecule has 0 saturated carbocycles. The molecule has 0 aliphatic carbocycles. The lowest BCUT2D eigenvalue weighted by molar-refractivity contribution is -0.475. The number of alkyl halides is 42. The van der Waals surface area contributed by atoms with E-state index in [2.05, 4.69) is 4.74 Å². The molecule has 0 aromatic carbocycles. The summed E-state index contributed by atoms with van der Waals surface area (Å²) in [5, 5.41) is 0. The van der Waals surface area contributed by atoms with E-state index < -0.39 is 180 Å². The van der Waals surface area contributed by atoms with Crippen molar-refractivity contribution in [3.8, 4) is 0 Å². The highest BCUT2D eigenvalue weighted by atomic mass is 19.5. The van der Waals surface area contributed by atoms with Gasteiger partial charge in [-0.25, -0.2) is 4.98 Å². The van der Waals surface area contributed by atoms with Gasteiger partial charge >= 0.3 is 119 Å². The number of rotatable bonds is 19. The first-order valence-electron chi connectivity index (χ1n) is 17.2. The monoisotopic (exact) mass is 1200 g/mol. The summed E-state index contributed by atoms with van der Waals surface area (Å²) in [4.78, 5) is 1.02. The molecule has 0 N–H and O–H groups in total. The molecule has 0 atom stereocenters. The molecule has 2 nitrogen and oxygen atoms in total. The van der Waals surface area contributed by atoms with Gasteiger partial charge in [-0.15, -0.1) is 0 Å². The zero-order valence-corrected chi connectivity index (χ0v) is 32.8. The summed E-state index contributed by atoms with van der Waals surface area (Å²) < 4.78 is 591. The molecular weight excluding hydrogens is 1190 g/mol. The van der Waals surface area contributed by atoms with Crippen LogP contribution in [-0.2, 0) is 16.6 Å². The Hall–Kier alpha value is -3.83. The van der Waals surface area contributed by atoms with Crippen LogP contribution in [0.25, 0.3) is 0 Å². The van der Waals surface area contributed by atoms with E-state index in [9.17, 15) is 167 Å². The number of hydrogen-bond donors (Lipinski definition) is 0. The number of nitrogens with zero attached hydrogens (tertiary/aromatic N) is 1. The standard InChI is InChI=1S/C30H11F42NO/c31-11(32,13(35,36)15(39,40)17(43,44)19(47,48)21(51,52)23(55,56)25(59,60)27(63,64)29(67,68)69)9-5-8(7-1-3-74-4-2-7)6-10(73-9)12(33,34)14(37,38)16(41,42)18(45,46)20(49,50)22(53,54)24(57,58)26(61,62)28(65,66)30(70,71)72/h5-7H,1-4H2. The molecule has 0 radical (unpaired) electrons. The number of halogens is 42. The van der Waals surface area contributed by atoms with Gasteiger partial charge in [-0.2, -0.15) is 184 Å². The van der Waals surface area contributed by atoms with Gasteiger partial charge < -0.3 is 4.74 Å². The summed E-state index contributed by atoms with van der Waals surface area (Å²) in [5.74, 6) is -173. The second-order valence-corrected chi connectivity index (χ2v) is 14.9. The second kappa shape index (κ2) is 17.3. The minimum absolute atomic E-state index is 1.02. The molecule has 1 fully saturated rings. The van der Waals surface area contributed by atoms with Crippen LogP contribution in [-0.4, -0.2) is 125 Å². The molecular formula is C30H11F42NO. The highest BCUT2D eigenvalue weighted by Gasteiger charge is 3.00. The number of ether oxygens (including phenoxy) is 1. The van der Waals surface area contributed by atoms with Crippen LogP contribution in [0.3, 0.4) is 0 Å². The lowest BCUT2D eigenvalue weighted by atomic mass is 9.84. The van der Waals surface area contributed by atoms with Crippen LogP contribution in [0.2, 0.25) is 0 Å². The molecule has 74 heavy (non-hydrogen) atoms. The normalized spacial score (nSPS) is 18.1. The topological polar surface area (TPSA) is 22.1 Å². The van der Waals surface area contributed by atoms with E-state index in [0.29, 0.717) is 0 Å². The third-order valence-electron chi connectivity index (χ3n) is 10.2. The summed E-state index contributed by atoms with van der Waals surface area (Å²) >= 11 is 0. The van der Waals surface area contributed by atoms with Crippen LogP contribution in [0.1, 0.15) is 35.7 Å². The van der Waals surface area contributed by atoms with Crippen molar-refractivity contribution in [3.05, 3.63) is 29.1 Å². The molecule has 1 aromatic heterocycles. The molecule has 436 valence electrons. The molecule has 0 bridgehead atoms. The van der Waals surface area contributed by atoms with Gasteiger partial charge in [0.05, 0.1) is 0 Å². The van der Waals surface area contributed by atoms with Crippen molar-refractivity contribution in [3.63, 3.8) is 0 Å². The molecule has 2 rings (SSSR count). The van der Waals surface area contributed by atoms with Gasteiger partial charge in [0.15, 0.2) is 0 Å². The quantitative estimate of drug-likeness (QED) is 0.129. The fourth-order valence-corrected chi connectivity index (χ4v) is 5.58. The summed E-state index contributed by atoms with van der Waals surface area (Å²) in [7, 11) is 0. The van der Waals surface area contributed by atoms with Crippen LogP contribution < -0.4 is 0 Å². The third kappa shape index (κ3) is 8.16. The molecule has 1 aliphatic heterocycles. The summed E-state index contributed by atoms with van der Waals surface area (Å²) in [6, 6.07) is -2.84. The maximum Gasteiger partial charge on any atom is 0.460 e. The largest absolute Gasteiger partial charge is 0.460 e. The van der Waals surface area contributed by atoms with Crippen LogP contribution in [0.4, 0.5) is 184 Å². The van der Waals surface area contributed by atoms with Crippen molar-refractivity contribution in [1.82, 2.24) is 4.98 Å². The maximum atomic E-state index is 15.3. The van der Waals surface area contributed by atoms with Crippen molar-refractivity contribution in [2.24, 2.45) is 0 Å². The van der Waals surface area contributed by atoms with Crippen LogP contribution >= 0.6 is 0 Å². The van der Waals surface area contributed by atoms with E-state index in [0.717, 1.165) is 4.98 Å². The van der Waals surface area contributed by atoms with Gasteiger partial charge in [0.2, 0.25) is 0 Å². The van der Waals surface area contributed by atoms with E-state index in [1.54, 1.807) is 0 Å². The van der Waals surface area contributed by atoms with Crippen molar-refractivity contribution < 1.29 is 189 Å². The van der Waals surface area contributed by atoms with Crippen molar-refractivity contribution >= 4 is 0 Å². The second-order valence-electron chi connectivity index (χ2n) is 14.9. The number of aromatic nitrogens is 1. The Balaban J connectivity index is 3.06. The lowest BCUT2D eigenvalue weighted by Gasteiger charge is -2.44. The molecule has 2 heterocycles. The minimum Gasteiger partial charge on any atom is -0.381 e. The lowest BCUT2D eigenvalue weighted by Crippen LogP contribution is -2.76. The van der Waals surface area contributed by atoms with Crippen molar-refractivity contribution in [1.29, 1.82) is 0 Å². The van der Waals surface area contributed by atoms with E-state index in [1.807, 2.05) is 0 Å². The van der Waals surface area contributed by atoms with Gasteiger partial charge in [-0.05, 0) is 36.5 Å². The Morgan fingerprint density at radius 1 is 0.270 bits per heavy atom. The Labute approximate surface area is 375 Å². The molecule has 0 amide bonds. The van der Waals surface area contributed by atoms with Gasteiger partial charge in [-0.1, -0.05) is 0 Å². The molecule has 0 spiro atoms. The van der Waals surface area contributed by atoms with Gasteiger partial charge in [-0.3, -0.25) is 0 Å². The van der Waals surface area contributed by atoms with Crippen LogP contribution in [0.5, 0.6) is 0 Å². The van der Waals surface area contributed by atoms with Gasteiger partial charge in [0.1, 0.15) is 11.4 Å². The summed E-state index contributed by atoms with van der Waals surface area (Å²) in [6.45, 7) is -2.09. The fraction of sp³-hybridized carbons (Fsp3) is 0.833. The smallest absolute Gasteiger partial charge is 0.381 e. The average Bonchev–Trinajstić information content (AvgIpc) is 3.21. The first-order chi connectivity index (χ1) is 31.7. The predicted octanol–water partition coefficient (Wildman–Crippen LogP) is 15.4. The van der Waals surface area contributed by atoms with E-state index in [4.69, 9.17) is 0 Å². The Morgan fingerprint density at radius 2 is 0.446 bits per heavy atom. The fourth-order valence-electron chi connectivity index (χ4n) is 5.58. The maximum absolute atomic E-state index is 15.3. The Bertz CT molecular complexity index is 2050. The number of hydrogen-bond acceptors (Lipinski definition) is 2. The predicted molar refractivity (Wildman–Crippen MR) is 146 cm³/mol. The zero-order valence-electron chi connectivity index (χ0n) is 32.8. The minimum atomic E-state index is -9.91. The van der Waals surface area contributed by atoms with Crippen molar-refractivity contribution in [2.45, 2.75) is 138 Å². The highest BCUT2D eigenvalue weighted by molar-refractivity contribution is 5.34. The molecule has 1 aliphatic rings. The first kappa shape index (κ1) is 66.3. The van der Waals surface area contributed by atoms with Crippen molar-refractivity contribution in [2.75, 3.05) is 13.2 Å². The Kier molecular flexibility index (Phi) is 15.5. The summed E-state index contributed by atoms with van der Waals surface area (Å²) in [5.41, 5.74) is -11.1. The molecule has 1 saturated heterocycles. The van der Waals surface area contributed by atoms with Gasteiger partial charge in [0.25, 0.3) is 0 Å². The highest BCUT2D eigenvalue weighted by Crippen LogP contribution is 2.70. The van der Waals surface area contributed by atoms with E-state index >= 15 is 17.6 Å².